The summed E-state index contributed by atoms with van der Waals surface area (Å²) in [6.07, 6.45) is 4.14. The monoisotopic (exact) mass is 198 g/mol. The van der Waals surface area contributed by atoms with Crippen LogP contribution in [-0.2, 0) is 4.74 Å². The Morgan fingerprint density at radius 1 is 1.57 bits per heavy atom. The molecule has 2 N–H and O–H groups in total. The van der Waals surface area contributed by atoms with E-state index in [1.807, 2.05) is 0 Å². The minimum absolute atomic E-state index is 0.199. The Labute approximate surface area is 86.6 Å². The number of rotatable bonds is 3. The zero-order valence-corrected chi connectivity index (χ0v) is 9.31. The maximum atomic E-state index is 5.60. The highest BCUT2D eigenvalue weighted by Crippen LogP contribution is 2.25. The molecule has 2 fully saturated rings. The van der Waals surface area contributed by atoms with Gasteiger partial charge < -0.3 is 15.4 Å². The van der Waals surface area contributed by atoms with Gasteiger partial charge in [-0.2, -0.15) is 0 Å². The first kappa shape index (κ1) is 10.4. The molecule has 2 saturated heterocycles. The zero-order valence-electron chi connectivity index (χ0n) is 9.31. The average molecular weight is 198 g/mol. The molecule has 0 aromatic rings. The van der Waals surface area contributed by atoms with Crippen molar-refractivity contribution in [1.82, 2.24) is 10.6 Å². The molecule has 3 nitrogen and oxygen atoms in total. The van der Waals surface area contributed by atoms with Crippen LogP contribution in [0.5, 0.6) is 0 Å². The van der Waals surface area contributed by atoms with E-state index in [0.29, 0.717) is 12.1 Å². The molecule has 14 heavy (non-hydrogen) atoms. The third-order valence-corrected chi connectivity index (χ3v) is 3.80. The molecule has 0 aliphatic carbocycles. The molecule has 0 aromatic heterocycles. The van der Waals surface area contributed by atoms with Crippen LogP contribution in [0.4, 0.5) is 0 Å². The van der Waals surface area contributed by atoms with Gasteiger partial charge in [-0.15, -0.1) is 0 Å². The summed E-state index contributed by atoms with van der Waals surface area (Å²) < 4.78 is 5.60. The quantitative estimate of drug-likeness (QED) is 0.707. The van der Waals surface area contributed by atoms with Crippen molar-refractivity contribution in [3.05, 3.63) is 0 Å². The van der Waals surface area contributed by atoms with Gasteiger partial charge in [-0.25, -0.2) is 0 Å². The van der Waals surface area contributed by atoms with Gasteiger partial charge in [-0.05, 0) is 39.7 Å². The van der Waals surface area contributed by atoms with Gasteiger partial charge in [0.25, 0.3) is 0 Å². The molecule has 3 heteroatoms. The summed E-state index contributed by atoms with van der Waals surface area (Å²) in [5.74, 6) is 0. The minimum atomic E-state index is 0.199. The van der Waals surface area contributed by atoms with E-state index in [1.54, 1.807) is 0 Å². The van der Waals surface area contributed by atoms with E-state index in [1.165, 1.54) is 19.4 Å². The van der Waals surface area contributed by atoms with Gasteiger partial charge in [0, 0.05) is 24.7 Å². The second-order valence-corrected chi connectivity index (χ2v) is 4.85. The number of nitrogens with one attached hydrogen (secondary N) is 2. The van der Waals surface area contributed by atoms with E-state index in [4.69, 9.17) is 4.74 Å². The Morgan fingerprint density at radius 3 is 3.00 bits per heavy atom. The second kappa shape index (κ2) is 4.17. The van der Waals surface area contributed by atoms with Gasteiger partial charge in [-0.3, -0.25) is 0 Å². The van der Waals surface area contributed by atoms with Gasteiger partial charge in [0.05, 0.1) is 6.10 Å². The summed E-state index contributed by atoms with van der Waals surface area (Å²) in [5, 5.41) is 7.17. The average Bonchev–Trinajstić information content (AvgIpc) is 2.75. The Morgan fingerprint density at radius 2 is 2.43 bits per heavy atom. The molecule has 2 aliphatic rings. The lowest BCUT2D eigenvalue weighted by Gasteiger charge is -2.30. The fourth-order valence-electron chi connectivity index (χ4n) is 2.35. The highest BCUT2D eigenvalue weighted by atomic mass is 16.5. The number of hydrogen-bond donors (Lipinski definition) is 2. The van der Waals surface area contributed by atoms with E-state index in [0.717, 1.165) is 19.6 Å². The van der Waals surface area contributed by atoms with Crippen LogP contribution >= 0.6 is 0 Å². The van der Waals surface area contributed by atoms with Crippen LogP contribution in [0, 0.1) is 0 Å². The van der Waals surface area contributed by atoms with E-state index in [-0.39, 0.29) is 5.54 Å². The standard InChI is InChI=1S/C11H22N2O/c1-9-11(2,5-7-14-9)13-8-10-4-3-6-12-10/h9-10,12-13H,3-8H2,1-2H3. The van der Waals surface area contributed by atoms with E-state index >= 15 is 0 Å². The molecule has 0 amide bonds. The largest absolute Gasteiger partial charge is 0.377 e. The predicted octanol–water partition coefficient (Wildman–Crippen LogP) is 0.895. The normalized spacial score (nSPS) is 43.3. The highest BCUT2D eigenvalue weighted by molar-refractivity contribution is 4.94. The van der Waals surface area contributed by atoms with Crippen LogP contribution < -0.4 is 10.6 Å². The second-order valence-electron chi connectivity index (χ2n) is 4.85. The minimum Gasteiger partial charge on any atom is -0.377 e. The SMILES string of the molecule is CC1OCCC1(C)NCC1CCCN1. The van der Waals surface area contributed by atoms with Crippen LogP contribution in [-0.4, -0.2) is 37.4 Å². The van der Waals surface area contributed by atoms with Crippen LogP contribution in [0.25, 0.3) is 0 Å². The van der Waals surface area contributed by atoms with E-state index in [9.17, 15) is 0 Å². The molecule has 0 spiro atoms. The van der Waals surface area contributed by atoms with Crippen molar-refractivity contribution < 1.29 is 4.74 Å². The summed E-state index contributed by atoms with van der Waals surface area (Å²) >= 11 is 0. The van der Waals surface area contributed by atoms with E-state index < -0.39 is 0 Å². The van der Waals surface area contributed by atoms with Crippen LogP contribution in [0.15, 0.2) is 0 Å². The molecule has 82 valence electrons. The van der Waals surface area contributed by atoms with Gasteiger partial charge in [0.2, 0.25) is 0 Å². The smallest absolute Gasteiger partial charge is 0.0726 e. The Hall–Kier alpha value is -0.120. The first-order valence-corrected chi connectivity index (χ1v) is 5.81. The summed E-state index contributed by atoms with van der Waals surface area (Å²) in [6, 6.07) is 0.680. The molecular weight excluding hydrogens is 176 g/mol. The summed E-state index contributed by atoms with van der Waals surface area (Å²) in [5.41, 5.74) is 0.199. The molecule has 2 heterocycles. The summed E-state index contributed by atoms with van der Waals surface area (Å²) in [6.45, 7) is 7.63. The molecule has 0 bridgehead atoms. The maximum Gasteiger partial charge on any atom is 0.0726 e. The van der Waals surface area contributed by atoms with Crippen molar-refractivity contribution in [2.24, 2.45) is 0 Å². The Bertz CT molecular complexity index is 192. The molecule has 0 radical (unpaired) electrons. The van der Waals surface area contributed by atoms with Crippen molar-refractivity contribution in [2.75, 3.05) is 19.7 Å². The molecule has 2 aliphatic heterocycles. The molecule has 2 rings (SSSR count). The number of hydrogen-bond acceptors (Lipinski definition) is 3. The molecular formula is C11H22N2O. The fourth-order valence-corrected chi connectivity index (χ4v) is 2.35. The lowest BCUT2D eigenvalue weighted by atomic mass is 9.94. The van der Waals surface area contributed by atoms with Crippen molar-refractivity contribution in [3.8, 4) is 0 Å². The van der Waals surface area contributed by atoms with Crippen LogP contribution in [0.2, 0.25) is 0 Å². The van der Waals surface area contributed by atoms with Crippen molar-refractivity contribution in [3.63, 3.8) is 0 Å². The summed E-state index contributed by atoms with van der Waals surface area (Å²) in [7, 11) is 0. The topological polar surface area (TPSA) is 33.3 Å². The van der Waals surface area contributed by atoms with Gasteiger partial charge in [-0.1, -0.05) is 0 Å². The Kier molecular flexibility index (Phi) is 3.10. The van der Waals surface area contributed by atoms with Crippen LogP contribution in [0.1, 0.15) is 33.1 Å². The zero-order chi connectivity index (χ0) is 10.0. The van der Waals surface area contributed by atoms with Gasteiger partial charge in [0.1, 0.15) is 0 Å². The molecule has 0 saturated carbocycles. The highest BCUT2D eigenvalue weighted by Gasteiger charge is 2.36. The number of ether oxygens (including phenoxy) is 1. The first-order chi connectivity index (χ1) is 6.71. The van der Waals surface area contributed by atoms with Crippen LogP contribution in [0.3, 0.4) is 0 Å². The molecule has 3 atom stereocenters. The molecule has 0 aromatic carbocycles. The van der Waals surface area contributed by atoms with E-state index in [2.05, 4.69) is 24.5 Å². The van der Waals surface area contributed by atoms with Crippen molar-refractivity contribution in [2.45, 2.75) is 50.8 Å². The first-order valence-electron chi connectivity index (χ1n) is 5.81. The fraction of sp³-hybridized carbons (Fsp3) is 1.00. The molecule has 3 unspecified atom stereocenters. The lowest BCUT2D eigenvalue weighted by molar-refractivity contribution is 0.0880. The third kappa shape index (κ3) is 2.10. The summed E-state index contributed by atoms with van der Waals surface area (Å²) in [4.78, 5) is 0. The maximum absolute atomic E-state index is 5.60. The lowest BCUT2D eigenvalue weighted by Crippen LogP contribution is -2.51. The van der Waals surface area contributed by atoms with Gasteiger partial charge >= 0.3 is 0 Å². The Balaban J connectivity index is 1.78. The predicted molar refractivity (Wildman–Crippen MR) is 57.5 cm³/mol. The van der Waals surface area contributed by atoms with Gasteiger partial charge in [0.15, 0.2) is 0 Å². The third-order valence-electron chi connectivity index (χ3n) is 3.80. The van der Waals surface area contributed by atoms with Crippen molar-refractivity contribution in [1.29, 1.82) is 0 Å². The van der Waals surface area contributed by atoms with Crippen molar-refractivity contribution >= 4 is 0 Å².